The van der Waals surface area contributed by atoms with Crippen molar-refractivity contribution in [3.63, 3.8) is 0 Å². The summed E-state index contributed by atoms with van der Waals surface area (Å²) >= 11 is 5.91. The molecule has 0 bridgehead atoms. The normalized spacial score (nSPS) is 12.6. The van der Waals surface area contributed by atoms with Gasteiger partial charge in [0.25, 0.3) is 0 Å². The quantitative estimate of drug-likeness (QED) is 0.846. The lowest BCUT2D eigenvalue weighted by Gasteiger charge is -2.21. The lowest BCUT2D eigenvalue weighted by Crippen LogP contribution is -2.28. The highest BCUT2D eigenvalue weighted by molar-refractivity contribution is 7.92. The smallest absolute Gasteiger partial charge is 0.273 e. The number of anilines is 1. The van der Waals surface area contributed by atoms with Gasteiger partial charge >= 0.3 is 6.18 Å². The van der Waals surface area contributed by atoms with E-state index in [4.69, 9.17) is 11.6 Å². The van der Waals surface area contributed by atoms with E-state index in [1.54, 1.807) is 0 Å². The van der Waals surface area contributed by atoms with Gasteiger partial charge in [0.15, 0.2) is 0 Å². The van der Waals surface area contributed by atoms with Crippen LogP contribution in [-0.2, 0) is 16.2 Å². The summed E-state index contributed by atoms with van der Waals surface area (Å²) in [6.07, 6.45) is -4.71. The Morgan fingerprint density at radius 1 is 1.32 bits per heavy atom. The van der Waals surface area contributed by atoms with Gasteiger partial charge in [-0.25, -0.2) is 13.4 Å². The number of para-hydroxylation sites is 1. The predicted octanol–water partition coefficient (Wildman–Crippen LogP) is 3.69. The minimum Gasteiger partial charge on any atom is -0.273 e. The Hall–Kier alpha value is -1.54. The Balaban J connectivity index is 2.85. The number of nitrogens with zero attached hydrogens (tertiary/aromatic N) is 2. The number of halogens is 4. The molecule has 0 amide bonds. The Morgan fingerprint density at radius 3 is 2.50 bits per heavy atom. The van der Waals surface area contributed by atoms with Gasteiger partial charge in [-0.1, -0.05) is 23.7 Å². The molecule has 4 nitrogen and oxygen atoms in total. The number of hydrogen-bond donors (Lipinski definition) is 0. The van der Waals surface area contributed by atoms with Gasteiger partial charge in [-0.05, 0) is 19.1 Å². The van der Waals surface area contributed by atoms with E-state index in [1.807, 2.05) is 0 Å². The maximum Gasteiger partial charge on any atom is 0.433 e. The summed E-state index contributed by atoms with van der Waals surface area (Å²) in [5.74, 6) is -0.241. The van der Waals surface area contributed by atoms with E-state index >= 15 is 0 Å². The zero-order chi connectivity index (χ0) is 16.7. The van der Waals surface area contributed by atoms with Crippen molar-refractivity contribution >= 4 is 38.2 Å². The molecule has 0 N–H and O–H groups in total. The summed E-state index contributed by atoms with van der Waals surface area (Å²) in [6.45, 7) is 1.41. The van der Waals surface area contributed by atoms with Crippen LogP contribution in [0, 0.1) is 0 Å². The van der Waals surface area contributed by atoms with Crippen LogP contribution in [0.25, 0.3) is 10.9 Å². The van der Waals surface area contributed by atoms with Crippen LogP contribution in [-0.4, -0.2) is 26.2 Å². The second kappa shape index (κ2) is 5.58. The fraction of sp³-hybridized carbons (Fsp3) is 0.308. The van der Waals surface area contributed by atoms with Gasteiger partial charge in [0.2, 0.25) is 10.0 Å². The minimum atomic E-state index is -4.71. The predicted molar refractivity (Wildman–Crippen MR) is 79.6 cm³/mol. The average molecular weight is 353 g/mol. The Labute approximate surface area is 130 Å². The van der Waals surface area contributed by atoms with Crippen molar-refractivity contribution in [2.75, 3.05) is 17.1 Å². The molecule has 0 aliphatic rings. The Bertz CT molecular complexity index is 822. The Morgan fingerprint density at radius 2 is 1.95 bits per heavy atom. The van der Waals surface area contributed by atoms with Crippen molar-refractivity contribution in [1.29, 1.82) is 0 Å². The first-order valence-corrected chi connectivity index (χ1v) is 8.19. The van der Waals surface area contributed by atoms with E-state index in [9.17, 15) is 21.6 Å². The van der Waals surface area contributed by atoms with Gasteiger partial charge < -0.3 is 0 Å². The van der Waals surface area contributed by atoms with Crippen LogP contribution >= 0.6 is 11.6 Å². The zero-order valence-corrected chi connectivity index (χ0v) is 13.2. The highest BCUT2D eigenvalue weighted by atomic mass is 35.5. The number of pyridine rings is 1. The van der Waals surface area contributed by atoms with Gasteiger partial charge in [-0.2, -0.15) is 13.2 Å². The summed E-state index contributed by atoms with van der Waals surface area (Å²) in [4.78, 5) is 3.52. The molecule has 22 heavy (non-hydrogen) atoms. The van der Waals surface area contributed by atoms with Crippen LogP contribution in [0.3, 0.4) is 0 Å². The fourth-order valence-electron chi connectivity index (χ4n) is 1.94. The summed E-state index contributed by atoms with van der Waals surface area (Å²) in [6, 6.07) is 5.11. The van der Waals surface area contributed by atoms with E-state index in [-0.39, 0.29) is 27.4 Å². The van der Waals surface area contributed by atoms with Crippen LogP contribution in [0.15, 0.2) is 24.3 Å². The SMILES string of the molecule is CCS(=O)(=O)N(C)c1cc(C(F)(F)F)nc2c(Cl)cccc12. The average Bonchev–Trinajstić information content (AvgIpc) is 2.45. The molecule has 0 saturated carbocycles. The summed E-state index contributed by atoms with van der Waals surface area (Å²) in [7, 11) is -2.52. The molecule has 0 fully saturated rings. The minimum absolute atomic E-state index is 0.0205. The summed E-state index contributed by atoms with van der Waals surface area (Å²) in [5.41, 5.74) is -1.39. The third-order valence-electron chi connectivity index (χ3n) is 3.18. The van der Waals surface area contributed by atoms with Gasteiger partial charge in [-0.15, -0.1) is 0 Å². The molecule has 1 aromatic carbocycles. The monoisotopic (exact) mass is 352 g/mol. The molecule has 0 unspecified atom stereocenters. The third-order valence-corrected chi connectivity index (χ3v) is 5.25. The molecule has 1 heterocycles. The number of alkyl halides is 3. The van der Waals surface area contributed by atoms with Crippen LogP contribution in [0.5, 0.6) is 0 Å². The third kappa shape index (κ3) is 2.98. The molecule has 2 aromatic rings. The molecule has 1 aromatic heterocycles. The largest absolute Gasteiger partial charge is 0.433 e. The number of aromatic nitrogens is 1. The molecular formula is C13H12ClF3N2O2S. The van der Waals surface area contributed by atoms with Gasteiger partial charge in [0.05, 0.1) is 22.0 Å². The van der Waals surface area contributed by atoms with E-state index in [2.05, 4.69) is 4.98 Å². The van der Waals surface area contributed by atoms with Crippen LogP contribution in [0.2, 0.25) is 5.02 Å². The maximum absolute atomic E-state index is 13.0. The van der Waals surface area contributed by atoms with Crippen molar-refractivity contribution in [2.24, 2.45) is 0 Å². The molecule has 0 aliphatic heterocycles. The Kier molecular flexibility index (Phi) is 4.27. The first-order chi connectivity index (χ1) is 10.1. The number of sulfonamides is 1. The fourth-order valence-corrected chi connectivity index (χ4v) is 3.00. The lowest BCUT2D eigenvalue weighted by molar-refractivity contribution is -0.140. The second-order valence-electron chi connectivity index (χ2n) is 4.53. The zero-order valence-electron chi connectivity index (χ0n) is 11.6. The van der Waals surface area contributed by atoms with Gasteiger partial charge in [0.1, 0.15) is 5.69 Å². The van der Waals surface area contributed by atoms with E-state index in [1.165, 1.54) is 32.2 Å². The summed E-state index contributed by atoms with van der Waals surface area (Å²) in [5, 5.41) is 0.257. The second-order valence-corrected chi connectivity index (χ2v) is 7.22. The van der Waals surface area contributed by atoms with Crippen molar-refractivity contribution in [3.05, 3.63) is 35.0 Å². The molecular weight excluding hydrogens is 341 g/mol. The molecule has 0 atom stereocenters. The highest BCUT2D eigenvalue weighted by Gasteiger charge is 2.34. The molecule has 0 spiro atoms. The van der Waals surface area contributed by atoms with Crippen molar-refractivity contribution in [1.82, 2.24) is 4.98 Å². The van der Waals surface area contributed by atoms with Crippen LogP contribution < -0.4 is 4.31 Å². The highest BCUT2D eigenvalue weighted by Crippen LogP contribution is 2.37. The maximum atomic E-state index is 13.0. The topological polar surface area (TPSA) is 50.3 Å². The number of fused-ring (bicyclic) bond motifs is 1. The first kappa shape index (κ1) is 16.8. The standard InChI is InChI=1S/C13H12ClF3N2O2S/c1-3-22(20,21)19(2)10-7-11(13(15,16)17)18-12-8(10)5-4-6-9(12)14/h4-7H,3H2,1-2H3. The first-order valence-electron chi connectivity index (χ1n) is 6.21. The number of hydrogen-bond acceptors (Lipinski definition) is 3. The number of benzene rings is 1. The molecule has 0 radical (unpaired) electrons. The van der Waals surface area contributed by atoms with Crippen molar-refractivity contribution in [2.45, 2.75) is 13.1 Å². The molecule has 120 valence electrons. The van der Waals surface area contributed by atoms with Gasteiger partial charge in [0, 0.05) is 12.4 Å². The molecule has 0 aliphatic carbocycles. The number of rotatable bonds is 3. The van der Waals surface area contributed by atoms with E-state index < -0.39 is 21.9 Å². The molecule has 0 saturated heterocycles. The summed E-state index contributed by atoms with van der Waals surface area (Å²) < 4.78 is 63.8. The molecule has 9 heteroatoms. The van der Waals surface area contributed by atoms with E-state index in [0.717, 1.165) is 4.31 Å². The van der Waals surface area contributed by atoms with Crippen molar-refractivity contribution < 1.29 is 21.6 Å². The molecule has 2 rings (SSSR count). The van der Waals surface area contributed by atoms with Crippen LogP contribution in [0.1, 0.15) is 12.6 Å². The van der Waals surface area contributed by atoms with Crippen LogP contribution in [0.4, 0.5) is 18.9 Å². The van der Waals surface area contributed by atoms with E-state index in [0.29, 0.717) is 6.07 Å². The van der Waals surface area contributed by atoms with Gasteiger partial charge in [-0.3, -0.25) is 4.31 Å². The van der Waals surface area contributed by atoms with Crippen molar-refractivity contribution in [3.8, 4) is 0 Å². The lowest BCUT2D eigenvalue weighted by atomic mass is 10.1.